The Hall–Kier alpha value is -3.93. The molecule has 0 spiro atoms. The largest absolute Gasteiger partial charge is 0.493 e. The molecule has 0 amide bonds. The van der Waals surface area contributed by atoms with Crippen LogP contribution in [0.15, 0.2) is 54.6 Å². The molecule has 1 N–H and O–H groups in total. The topological polar surface area (TPSA) is 110 Å². The second kappa shape index (κ2) is 9.37. The minimum absolute atomic E-state index is 0.0821. The molecule has 0 radical (unpaired) electrons. The van der Waals surface area contributed by atoms with Crippen molar-refractivity contribution in [3.05, 3.63) is 81.3 Å². The van der Waals surface area contributed by atoms with E-state index in [9.17, 15) is 20.0 Å². The lowest BCUT2D eigenvalue weighted by Crippen LogP contribution is -2.21. The van der Waals surface area contributed by atoms with E-state index in [0.29, 0.717) is 39.1 Å². The number of thiazole rings is 1. The first-order valence-electron chi connectivity index (χ1n) is 10.7. The summed E-state index contributed by atoms with van der Waals surface area (Å²) in [5.74, 6) is -0.690. The molecular weight excluding hydrogens is 488 g/mol. The van der Waals surface area contributed by atoms with E-state index in [1.807, 2.05) is 12.1 Å². The number of halogens is 1. The molecular formula is C26H17ClN2O5S. The Bertz CT molecular complexity index is 1510. The highest BCUT2D eigenvalue weighted by Crippen LogP contribution is 2.39. The summed E-state index contributed by atoms with van der Waals surface area (Å²) in [5, 5.41) is 20.4. The summed E-state index contributed by atoms with van der Waals surface area (Å²) in [6.45, 7) is 0.272. The lowest BCUT2D eigenvalue weighted by molar-refractivity contribution is -0.139. The zero-order valence-corrected chi connectivity index (χ0v) is 19.7. The number of nitriles is 1. The number of carbonyl (C=O) groups excluding carboxylic acids is 1. The Morgan fingerprint density at radius 2 is 2.00 bits per heavy atom. The van der Waals surface area contributed by atoms with Crippen LogP contribution in [0.2, 0.25) is 5.02 Å². The molecule has 3 aromatic carbocycles. The van der Waals surface area contributed by atoms with Gasteiger partial charge in [-0.15, -0.1) is 11.3 Å². The van der Waals surface area contributed by atoms with E-state index in [1.165, 1.54) is 17.4 Å². The molecule has 1 aliphatic heterocycles. The van der Waals surface area contributed by atoms with E-state index >= 15 is 0 Å². The maximum atomic E-state index is 12.8. The van der Waals surface area contributed by atoms with Gasteiger partial charge in [0.25, 0.3) is 0 Å². The van der Waals surface area contributed by atoms with Crippen molar-refractivity contribution in [3.63, 3.8) is 0 Å². The van der Waals surface area contributed by atoms with Crippen molar-refractivity contribution in [3.8, 4) is 23.3 Å². The van der Waals surface area contributed by atoms with E-state index in [4.69, 9.17) is 21.1 Å². The van der Waals surface area contributed by atoms with Gasteiger partial charge in [0.05, 0.1) is 34.7 Å². The number of aromatic nitrogens is 1. The van der Waals surface area contributed by atoms with E-state index in [1.54, 1.807) is 36.4 Å². The minimum atomic E-state index is -0.956. The van der Waals surface area contributed by atoms with Crippen molar-refractivity contribution >= 4 is 44.9 Å². The molecule has 7 nitrogen and oxygen atoms in total. The number of fused-ring (bicyclic) bond motifs is 2. The van der Waals surface area contributed by atoms with Crippen molar-refractivity contribution in [2.75, 3.05) is 6.61 Å². The SMILES string of the molecule is N#Cc1cc2c(cc1Oc1ccc(C(=O)Cc3nc4ccc(Cl)cc4s3)cc1)OCCC2C(=O)O. The first-order valence-corrected chi connectivity index (χ1v) is 11.9. The molecule has 0 fully saturated rings. The molecule has 4 aromatic rings. The first kappa shape index (κ1) is 22.8. The molecule has 1 aliphatic rings. The van der Waals surface area contributed by atoms with E-state index in [-0.39, 0.29) is 30.1 Å². The number of carboxylic acid groups (broad SMARTS) is 1. The van der Waals surface area contributed by atoms with Crippen molar-refractivity contribution in [1.29, 1.82) is 5.26 Å². The fraction of sp³-hybridized carbons (Fsp3) is 0.154. The number of Topliss-reactive ketones (excluding diaryl/α,β-unsaturated/α-hetero) is 1. The summed E-state index contributed by atoms with van der Waals surface area (Å²) in [6.07, 6.45) is 0.510. The van der Waals surface area contributed by atoms with Gasteiger partial charge in [-0.05, 0) is 55.0 Å². The standard InChI is InChI=1S/C26H17ClN2O5S/c27-16-3-6-20-24(10-16)35-25(29-20)11-21(30)14-1-4-17(5-2-14)34-22-12-23-19(9-15(22)13-28)18(26(31)32)7-8-33-23/h1-6,9-10,12,18H,7-8,11H2,(H,31,32). The van der Waals surface area contributed by atoms with Gasteiger partial charge in [0.1, 0.15) is 28.3 Å². The molecule has 0 aliphatic carbocycles. The number of aliphatic carboxylic acids is 1. The van der Waals surface area contributed by atoms with Gasteiger partial charge in [-0.25, -0.2) is 4.98 Å². The van der Waals surface area contributed by atoms with Crippen LogP contribution in [0, 0.1) is 11.3 Å². The predicted octanol–water partition coefficient (Wildman–Crippen LogP) is 5.99. The summed E-state index contributed by atoms with van der Waals surface area (Å²) < 4.78 is 12.4. The Kier molecular flexibility index (Phi) is 6.12. The van der Waals surface area contributed by atoms with Crippen molar-refractivity contribution in [1.82, 2.24) is 4.98 Å². The average Bonchev–Trinajstić information content (AvgIpc) is 3.24. The molecule has 9 heteroatoms. The molecule has 174 valence electrons. The summed E-state index contributed by atoms with van der Waals surface area (Å²) >= 11 is 7.46. The fourth-order valence-electron chi connectivity index (χ4n) is 3.94. The average molecular weight is 505 g/mol. The predicted molar refractivity (Wildman–Crippen MR) is 131 cm³/mol. The molecule has 0 saturated carbocycles. The van der Waals surface area contributed by atoms with Gasteiger partial charge in [0, 0.05) is 22.2 Å². The number of ketones is 1. The van der Waals surface area contributed by atoms with E-state index < -0.39 is 11.9 Å². The van der Waals surface area contributed by atoms with Gasteiger partial charge in [-0.3, -0.25) is 9.59 Å². The Labute approximate surface area is 209 Å². The molecule has 1 aromatic heterocycles. The van der Waals surface area contributed by atoms with Crippen LogP contribution in [-0.4, -0.2) is 28.4 Å². The maximum absolute atomic E-state index is 12.8. The van der Waals surface area contributed by atoms with Gasteiger partial charge in [0.15, 0.2) is 5.78 Å². The minimum Gasteiger partial charge on any atom is -0.493 e. The van der Waals surface area contributed by atoms with Crippen molar-refractivity contribution in [2.45, 2.75) is 18.8 Å². The molecule has 1 atom stereocenters. The van der Waals surface area contributed by atoms with Crippen LogP contribution in [0.25, 0.3) is 10.2 Å². The highest BCUT2D eigenvalue weighted by atomic mass is 35.5. The van der Waals surface area contributed by atoms with Gasteiger partial charge in [0.2, 0.25) is 0 Å². The Morgan fingerprint density at radius 3 is 2.74 bits per heavy atom. The number of benzene rings is 3. The fourth-order valence-corrected chi connectivity index (χ4v) is 5.18. The summed E-state index contributed by atoms with van der Waals surface area (Å²) in [5.41, 5.74) is 1.98. The van der Waals surface area contributed by atoms with Crippen molar-refractivity contribution in [2.24, 2.45) is 0 Å². The van der Waals surface area contributed by atoms with Crippen LogP contribution < -0.4 is 9.47 Å². The molecule has 2 heterocycles. The number of ether oxygens (including phenoxy) is 2. The summed E-state index contributed by atoms with van der Waals surface area (Å²) in [4.78, 5) is 28.8. The van der Waals surface area contributed by atoms with Crippen LogP contribution >= 0.6 is 22.9 Å². The molecule has 35 heavy (non-hydrogen) atoms. The zero-order chi connectivity index (χ0) is 24.5. The van der Waals surface area contributed by atoms with Gasteiger partial charge in [-0.2, -0.15) is 5.26 Å². The van der Waals surface area contributed by atoms with Gasteiger partial charge < -0.3 is 14.6 Å². The van der Waals surface area contributed by atoms with Gasteiger partial charge in [-0.1, -0.05) is 11.6 Å². The Morgan fingerprint density at radius 1 is 1.20 bits per heavy atom. The van der Waals surface area contributed by atoms with Crippen LogP contribution in [0.3, 0.4) is 0 Å². The number of nitrogens with zero attached hydrogens (tertiary/aromatic N) is 2. The van der Waals surface area contributed by atoms with Crippen LogP contribution in [0.5, 0.6) is 17.2 Å². The highest BCUT2D eigenvalue weighted by Gasteiger charge is 2.29. The third-order valence-electron chi connectivity index (χ3n) is 5.68. The van der Waals surface area contributed by atoms with Crippen molar-refractivity contribution < 1.29 is 24.2 Å². The molecule has 5 rings (SSSR count). The zero-order valence-electron chi connectivity index (χ0n) is 18.2. The maximum Gasteiger partial charge on any atom is 0.311 e. The van der Waals surface area contributed by atoms with Crippen LogP contribution in [-0.2, 0) is 11.2 Å². The lowest BCUT2D eigenvalue weighted by atomic mass is 9.91. The number of hydrogen-bond acceptors (Lipinski definition) is 7. The Balaban J connectivity index is 1.33. The van der Waals surface area contributed by atoms with Crippen LogP contribution in [0.4, 0.5) is 0 Å². The quantitative estimate of drug-likeness (QED) is 0.321. The number of carboxylic acids is 1. The van der Waals surface area contributed by atoms with Gasteiger partial charge >= 0.3 is 5.97 Å². The van der Waals surface area contributed by atoms with Crippen LogP contribution in [0.1, 0.15) is 38.8 Å². The monoisotopic (exact) mass is 504 g/mol. The number of hydrogen-bond donors (Lipinski definition) is 1. The third kappa shape index (κ3) is 4.69. The number of rotatable bonds is 6. The summed E-state index contributed by atoms with van der Waals surface area (Å²) in [7, 11) is 0. The smallest absolute Gasteiger partial charge is 0.311 e. The highest BCUT2D eigenvalue weighted by molar-refractivity contribution is 7.18. The lowest BCUT2D eigenvalue weighted by Gasteiger charge is -2.24. The van der Waals surface area contributed by atoms with E-state index in [2.05, 4.69) is 11.1 Å². The summed E-state index contributed by atoms with van der Waals surface area (Å²) in [6, 6.07) is 17.1. The molecule has 1 unspecified atom stereocenters. The number of carbonyl (C=O) groups is 2. The van der Waals surface area contributed by atoms with E-state index in [0.717, 1.165) is 10.2 Å². The second-order valence-electron chi connectivity index (χ2n) is 7.97. The first-order chi connectivity index (χ1) is 16.9. The molecule has 0 bridgehead atoms. The second-order valence-corrected chi connectivity index (χ2v) is 9.52. The molecule has 0 saturated heterocycles. The normalized spacial score (nSPS) is 14.6. The third-order valence-corrected chi connectivity index (χ3v) is 6.93.